The lowest BCUT2D eigenvalue weighted by Gasteiger charge is -2.08. The SMILES string of the molecule is CC(=O)c1cccc2c(-c3ccccc3)n(Cc3ccccc3)nc12. The van der Waals surface area contributed by atoms with Crippen LogP contribution in [0.1, 0.15) is 22.8 Å². The summed E-state index contributed by atoms with van der Waals surface area (Å²) in [6.45, 7) is 2.25. The van der Waals surface area contributed by atoms with Crippen LogP contribution in [0.2, 0.25) is 0 Å². The summed E-state index contributed by atoms with van der Waals surface area (Å²) in [6.07, 6.45) is 0. The maximum absolute atomic E-state index is 12.0. The van der Waals surface area contributed by atoms with E-state index in [1.54, 1.807) is 6.92 Å². The van der Waals surface area contributed by atoms with Gasteiger partial charge in [-0.3, -0.25) is 9.48 Å². The second-order valence-electron chi connectivity index (χ2n) is 6.12. The number of benzene rings is 3. The average molecular weight is 326 g/mol. The smallest absolute Gasteiger partial charge is 0.162 e. The zero-order valence-corrected chi connectivity index (χ0v) is 14.0. The Morgan fingerprint density at radius 3 is 2.24 bits per heavy atom. The van der Waals surface area contributed by atoms with Gasteiger partial charge in [-0.2, -0.15) is 5.10 Å². The van der Waals surface area contributed by atoms with Crippen LogP contribution in [0.15, 0.2) is 78.9 Å². The van der Waals surface area contributed by atoms with Gasteiger partial charge in [-0.1, -0.05) is 72.8 Å². The number of fused-ring (bicyclic) bond motifs is 1. The molecule has 0 radical (unpaired) electrons. The molecule has 25 heavy (non-hydrogen) atoms. The van der Waals surface area contributed by atoms with Gasteiger partial charge in [0.2, 0.25) is 0 Å². The van der Waals surface area contributed by atoms with Crippen LogP contribution in [0, 0.1) is 0 Å². The van der Waals surface area contributed by atoms with E-state index in [2.05, 4.69) is 24.3 Å². The van der Waals surface area contributed by atoms with Gasteiger partial charge in [-0.05, 0) is 18.6 Å². The van der Waals surface area contributed by atoms with E-state index < -0.39 is 0 Å². The van der Waals surface area contributed by atoms with Gasteiger partial charge >= 0.3 is 0 Å². The number of carbonyl (C=O) groups excluding carboxylic acids is 1. The van der Waals surface area contributed by atoms with Crippen molar-refractivity contribution < 1.29 is 4.79 Å². The summed E-state index contributed by atoms with van der Waals surface area (Å²) in [6, 6.07) is 26.3. The standard InChI is InChI=1S/C22H18N2O/c1-16(25)19-13-8-14-20-21(19)23-24(15-17-9-4-2-5-10-17)22(20)18-11-6-3-7-12-18/h2-14H,15H2,1H3. The Bertz CT molecular complexity index is 1030. The van der Waals surface area contributed by atoms with Gasteiger partial charge in [0.05, 0.1) is 12.2 Å². The zero-order chi connectivity index (χ0) is 17.2. The number of Topliss-reactive ketones (excluding diaryl/α,β-unsaturated/α-hetero) is 1. The molecule has 0 aliphatic carbocycles. The fourth-order valence-corrected chi connectivity index (χ4v) is 3.21. The fourth-order valence-electron chi connectivity index (χ4n) is 3.21. The van der Waals surface area contributed by atoms with E-state index in [0.29, 0.717) is 12.1 Å². The number of nitrogens with zero attached hydrogens (tertiary/aromatic N) is 2. The molecule has 0 aliphatic rings. The lowest BCUT2D eigenvalue weighted by Crippen LogP contribution is -2.04. The van der Waals surface area contributed by atoms with Gasteiger partial charge in [0.15, 0.2) is 5.78 Å². The predicted octanol–water partition coefficient (Wildman–Crippen LogP) is 4.95. The van der Waals surface area contributed by atoms with Gasteiger partial charge in [0.1, 0.15) is 5.52 Å². The number of hydrogen-bond donors (Lipinski definition) is 0. The Kier molecular flexibility index (Phi) is 3.90. The summed E-state index contributed by atoms with van der Waals surface area (Å²) in [5.41, 5.74) is 4.76. The molecule has 1 heterocycles. The largest absolute Gasteiger partial charge is 0.294 e. The van der Waals surface area contributed by atoms with Crippen molar-refractivity contribution in [2.45, 2.75) is 13.5 Å². The molecule has 0 spiro atoms. The summed E-state index contributed by atoms with van der Waals surface area (Å²) < 4.78 is 2.00. The number of carbonyl (C=O) groups is 1. The van der Waals surface area contributed by atoms with Gasteiger partial charge < -0.3 is 0 Å². The zero-order valence-electron chi connectivity index (χ0n) is 14.0. The minimum absolute atomic E-state index is 0.0366. The molecule has 0 saturated carbocycles. The highest BCUT2D eigenvalue weighted by Crippen LogP contribution is 2.31. The molecule has 3 heteroatoms. The van der Waals surface area contributed by atoms with E-state index in [4.69, 9.17) is 5.10 Å². The summed E-state index contributed by atoms with van der Waals surface area (Å²) in [4.78, 5) is 12.0. The van der Waals surface area contributed by atoms with Crippen molar-refractivity contribution in [1.29, 1.82) is 0 Å². The molecule has 0 unspecified atom stereocenters. The molecule has 4 aromatic rings. The van der Waals surface area contributed by atoms with Gasteiger partial charge in [0, 0.05) is 16.5 Å². The number of hydrogen-bond acceptors (Lipinski definition) is 2. The Balaban J connectivity index is 1.97. The lowest BCUT2D eigenvalue weighted by atomic mass is 10.0. The van der Waals surface area contributed by atoms with Crippen molar-refractivity contribution in [3.8, 4) is 11.3 Å². The molecule has 0 aliphatic heterocycles. The van der Waals surface area contributed by atoms with E-state index in [0.717, 1.165) is 22.2 Å². The first-order chi connectivity index (χ1) is 12.2. The molecule has 3 aromatic carbocycles. The molecule has 0 fully saturated rings. The van der Waals surface area contributed by atoms with Crippen LogP contribution in [-0.2, 0) is 6.54 Å². The van der Waals surface area contributed by atoms with E-state index in [1.165, 1.54) is 5.56 Å². The number of rotatable bonds is 4. The van der Waals surface area contributed by atoms with E-state index >= 15 is 0 Å². The molecule has 0 bridgehead atoms. The molecule has 0 saturated heterocycles. The second kappa shape index (κ2) is 6.36. The monoisotopic (exact) mass is 326 g/mol. The first kappa shape index (κ1) is 15.3. The van der Waals surface area contributed by atoms with Gasteiger partial charge in [-0.15, -0.1) is 0 Å². The molecule has 3 nitrogen and oxygen atoms in total. The van der Waals surface area contributed by atoms with Crippen LogP contribution in [-0.4, -0.2) is 15.6 Å². The van der Waals surface area contributed by atoms with Crippen molar-refractivity contribution in [1.82, 2.24) is 9.78 Å². The minimum atomic E-state index is 0.0366. The number of ketones is 1. The Morgan fingerprint density at radius 1 is 0.880 bits per heavy atom. The van der Waals surface area contributed by atoms with Crippen LogP contribution < -0.4 is 0 Å². The Hall–Kier alpha value is -3.20. The maximum atomic E-state index is 12.0. The second-order valence-corrected chi connectivity index (χ2v) is 6.12. The summed E-state index contributed by atoms with van der Waals surface area (Å²) in [7, 11) is 0. The Labute approximate surface area is 146 Å². The highest BCUT2D eigenvalue weighted by atomic mass is 16.1. The quantitative estimate of drug-likeness (QED) is 0.497. The molecule has 4 rings (SSSR count). The third kappa shape index (κ3) is 2.85. The molecular formula is C22H18N2O. The highest BCUT2D eigenvalue weighted by molar-refractivity contribution is 6.08. The topological polar surface area (TPSA) is 34.9 Å². The first-order valence-corrected chi connectivity index (χ1v) is 8.34. The maximum Gasteiger partial charge on any atom is 0.162 e. The minimum Gasteiger partial charge on any atom is -0.294 e. The molecule has 0 amide bonds. The van der Waals surface area contributed by atoms with Crippen molar-refractivity contribution >= 4 is 16.7 Å². The average Bonchev–Trinajstić information content (AvgIpc) is 3.00. The van der Waals surface area contributed by atoms with E-state index in [-0.39, 0.29) is 5.78 Å². The fraction of sp³-hybridized carbons (Fsp3) is 0.0909. The summed E-state index contributed by atoms with van der Waals surface area (Å²) >= 11 is 0. The first-order valence-electron chi connectivity index (χ1n) is 8.34. The molecular weight excluding hydrogens is 308 g/mol. The third-order valence-electron chi connectivity index (χ3n) is 4.37. The van der Waals surface area contributed by atoms with Crippen LogP contribution in [0.25, 0.3) is 22.2 Å². The highest BCUT2D eigenvalue weighted by Gasteiger charge is 2.17. The van der Waals surface area contributed by atoms with Crippen LogP contribution in [0.5, 0.6) is 0 Å². The molecule has 1 aromatic heterocycles. The lowest BCUT2D eigenvalue weighted by molar-refractivity contribution is 0.101. The van der Waals surface area contributed by atoms with Crippen LogP contribution >= 0.6 is 0 Å². The van der Waals surface area contributed by atoms with Crippen molar-refractivity contribution in [2.24, 2.45) is 0 Å². The molecule has 122 valence electrons. The van der Waals surface area contributed by atoms with E-state index in [9.17, 15) is 4.79 Å². The van der Waals surface area contributed by atoms with Crippen molar-refractivity contribution in [3.05, 3.63) is 90.0 Å². The van der Waals surface area contributed by atoms with Gasteiger partial charge in [0.25, 0.3) is 0 Å². The number of aromatic nitrogens is 2. The normalized spacial score (nSPS) is 10.9. The van der Waals surface area contributed by atoms with Crippen LogP contribution in [0.4, 0.5) is 0 Å². The summed E-state index contributed by atoms with van der Waals surface area (Å²) in [5.74, 6) is 0.0366. The third-order valence-corrected chi connectivity index (χ3v) is 4.37. The predicted molar refractivity (Wildman–Crippen MR) is 101 cm³/mol. The molecule has 0 atom stereocenters. The van der Waals surface area contributed by atoms with Crippen molar-refractivity contribution in [3.63, 3.8) is 0 Å². The van der Waals surface area contributed by atoms with Crippen molar-refractivity contribution in [2.75, 3.05) is 0 Å². The molecule has 0 N–H and O–H groups in total. The summed E-state index contributed by atoms with van der Waals surface area (Å²) in [5, 5.41) is 5.81. The Morgan fingerprint density at radius 2 is 1.56 bits per heavy atom. The van der Waals surface area contributed by atoms with Gasteiger partial charge in [-0.25, -0.2) is 0 Å². The van der Waals surface area contributed by atoms with Crippen LogP contribution in [0.3, 0.4) is 0 Å². The van der Waals surface area contributed by atoms with E-state index in [1.807, 2.05) is 59.3 Å².